The second-order valence-electron chi connectivity index (χ2n) is 3.83. The second kappa shape index (κ2) is 7.52. The van der Waals surface area contributed by atoms with Crippen LogP contribution in [0.3, 0.4) is 0 Å². The van der Waals surface area contributed by atoms with Gasteiger partial charge in [-0.05, 0) is 30.2 Å². The lowest BCUT2D eigenvalue weighted by atomic mass is 10.1. The number of hydrogen-bond donors (Lipinski definition) is 1. The van der Waals surface area contributed by atoms with Crippen LogP contribution in [0.4, 0.5) is 0 Å². The van der Waals surface area contributed by atoms with Crippen LogP contribution in [0, 0.1) is 11.3 Å². The maximum absolute atomic E-state index is 11.7. The fraction of sp³-hybridized carbons (Fsp3) is 0.286. The molecule has 0 heterocycles. The summed E-state index contributed by atoms with van der Waals surface area (Å²) in [7, 11) is 0. The minimum atomic E-state index is -0.332. The van der Waals surface area contributed by atoms with Crippen molar-refractivity contribution in [3.05, 3.63) is 40.4 Å². The van der Waals surface area contributed by atoms with Crippen LogP contribution in [0.25, 0.3) is 6.08 Å². The van der Waals surface area contributed by atoms with Gasteiger partial charge in [0.2, 0.25) is 0 Å². The molecule has 1 aromatic carbocycles. The maximum Gasteiger partial charge on any atom is 0.261 e. The van der Waals surface area contributed by atoms with E-state index in [0.29, 0.717) is 11.6 Å². The molecular formula is C14H15ClN2O. The minimum absolute atomic E-state index is 0.105. The number of benzene rings is 1. The minimum Gasteiger partial charge on any atom is -0.351 e. The first-order chi connectivity index (χ1) is 8.67. The predicted octanol–water partition coefficient (Wildman–Crippen LogP) is 3.16. The van der Waals surface area contributed by atoms with Crippen molar-refractivity contribution in [1.82, 2.24) is 5.32 Å². The van der Waals surface area contributed by atoms with E-state index in [9.17, 15) is 4.79 Å². The molecule has 0 bridgehead atoms. The molecular weight excluding hydrogens is 248 g/mol. The van der Waals surface area contributed by atoms with E-state index >= 15 is 0 Å². The van der Waals surface area contributed by atoms with Crippen LogP contribution in [0.5, 0.6) is 0 Å². The summed E-state index contributed by atoms with van der Waals surface area (Å²) in [5, 5.41) is 12.3. The van der Waals surface area contributed by atoms with E-state index in [-0.39, 0.29) is 11.5 Å². The van der Waals surface area contributed by atoms with Crippen LogP contribution in [0.2, 0.25) is 5.02 Å². The lowest BCUT2D eigenvalue weighted by Crippen LogP contribution is -2.25. The van der Waals surface area contributed by atoms with Crippen molar-refractivity contribution in [1.29, 1.82) is 5.26 Å². The molecule has 0 aromatic heterocycles. The number of halogens is 1. The molecule has 0 aliphatic carbocycles. The molecule has 4 heteroatoms. The first-order valence-corrected chi connectivity index (χ1v) is 6.20. The maximum atomic E-state index is 11.7. The van der Waals surface area contributed by atoms with Crippen molar-refractivity contribution in [2.24, 2.45) is 0 Å². The zero-order valence-corrected chi connectivity index (χ0v) is 11.0. The topological polar surface area (TPSA) is 52.9 Å². The van der Waals surface area contributed by atoms with Crippen molar-refractivity contribution in [2.75, 3.05) is 6.54 Å². The average Bonchev–Trinajstić information content (AvgIpc) is 2.38. The van der Waals surface area contributed by atoms with Crippen molar-refractivity contribution < 1.29 is 4.79 Å². The van der Waals surface area contributed by atoms with Crippen LogP contribution in [0.15, 0.2) is 29.8 Å². The van der Waals surface area contributed by atoms with E-state index in [2.05, 4.69) is 5.32 Å². The summed E-state index contributed by atoms with van der Waals surface area (Å²) >= 11 is 5.76. The molecule has 0 radical (unpaired) electrons. The highest BCUT2D eigenvalue weighted by atomic mass is 35.5. The van der Waals surface area contributed by atoms with Gasteiger partial charge in [0.15, 0.2) is 0 Å². The zero-order valence-electron chi connectivity index (χ0n) is 10.2. The Morgan fingerprint density at radius 2 is 2.11 bits per heavy atom. The Morgan fingerprint density at radius 1 is 1.44 bits per heavy atom. The fourth-order valence-electron chi connectivity index (χ4n) is 1.35. The van der Waals surface area contributed by atoms with Crippen LogP contribution in [-0.4, -0.2) is 12.5 Å². The molecule has 0 aliphatic rings. The van der Waals surface area contributed by atoms with Crippen molar-refractivity contribution >= 4 is 23.6 Å². The number of unbranched alkanes of at least 4 members (excludes halogenated alkanes) is 1. The molecule has 1 rings (SSSR count). The summed E-state index contributed by atoms with van der Waals surface area (Å²) in [5.74, 6) is -0.332. The van der Waals surface area contributed by atoms with Gasteiger partial charge in [0.05, 0.1) is 0 Å². The van der Waals surface area contributed by atoms with Crippen molar-refractivity contribution in [3.63, 3.8) is 0 Å². The number of nitrogens with zero attached hydrogens (tertiary/aromatic N) is 1. The normalized spacial score (nSPS) is 10.8. The van der Waals surface area contributed by atoms with E-state index < -0.39 is 0 Å². The average molecular weight is 263 g/mol. The third-order valence-electron chi connectivity index (χ3n) is 2.36. The summed E-state index contributed by atoms with van der Waals surface area (Å²) in [4.78, 5) is 11.7. The Hall–Kier alpha value is -1.79. The van der Waals surface area contributed by atoms with Gasteiger partial charge in [0, 0.05) is 11.6 Å². The molecule has 0 aliphatic heterocycles. The second-order valence-corrected chi connectivity index (χ2v) is 4.27. The Bertz CT molecular complexity index is 472. The molecule has 94 valence electrons. The van der Waals surface area contributed by atoms with Gasteiger partial charge in [-0.1, -0.05) is 37.1 Å². The number of carbonyl (C=O) groups is 1. The molecule has 3 nitrogen and oxygen atoms in total. The highest BCUT2D eigenvalue weighted by Gasteiger charge is 2.07. The molecule has 1 aromatic rings. The molecule has 0 saturated carbocycles. The number of carbonyl (C=O) groups excluding carboxylic acids is 1. The predicted molar refractivity (Wildman–Crippen MR) is 73.0 cm³/mol. The van der Waals surface area contributed by atoms with Crippen LogP contribution in [0.1, 0.15) is 25.3 Å². The molecule has 18 heavy (non-hydrogen) atoms. The Morgan fingerprint density at radius 3 is 2.67 bits per heavy atom. The quantitative estimate of drug-likeness (QED) is 0.503. The Balaban J connectivity index is 2.74. The SMILES string of the molecule is CCCCNC(=O)/C(C#N)=C\c1ccc(Cl)cc1. The van der Waals surface area contributed by atoms with Crippen molar-refractivity contribution in [2.45, 2.75) is 19.8 Å². The summed E-state index contributed by atoms with van der Waals surface area (Å²) in [6.07, 6.45) is 3.46. The molecule has 1 N–H and O–H groups in total. The van der Waals surface area contributed by atoms with E-state index in [4.69, 9.17) is 16.9 Å². The smallest absolute Gasteiger partial charge is 0.261 e. The first-order valence-electron chi connectivity index (χ1n) is 5.83. The van der Waals surface area contributed by atoms with Crippen LogP contribution >= 0.6 is 11.6 Å². The van der Waals surface area contributed by atoms with Crippen molar-refractivity contribution in [3.8, 4) is 6.07 Å². The third-order valence-corrected chi connectivity index (χ3v) is 2.61. The van der Waals surface area contributed by atoms with Gasteiger partial charge in [-0.15, -0.1) is 0 Å². The third kappa shape index (κ3) is 4.60. The highest BCUT2D eigenvalue weighted by Crippen LogP contribution is 2.12. The first kappa shape index (κ1) is 14.3. The summed E-state index contributed by atoms with van der Waals surface area (Å²) < 4.78 is 0. The molecule has 0 fully saturated rings. The molecule has 0 atom stereocenters. The standard InChI is InChI=1S/C14H15ClN2O/c1-2-3-8-17-14(18)12(10-16)9-11-4-6-13(15)7-5-11/h4-7,9H,2-3,8H2,1H3,(H,17,18)/b12-9-. The Kier molecular flexibility index (Phi) is 5.96. The van der Waals surface area contributed by atoms with Gasteiger partial charge in [-0.3, -0.25) is 4.79 Å². The van der Waals surface area contributed by atoms with Gasteiger partial charge in [-0.25, -0.2) is 0 Å². The number of nitriles is 1. The van der Waals surface area contributed by atoms with Gasteiger partial charge in [0.1, 0.15) is 11.6 Å². The van der Waals surface area contributed by atoms with Gasteiger partial charge < -0.3 is 5.32 Å². The lowest BCUT2D eigenvalue weighted by molar-refractivity contribution is -0.117. The Labute approximate surface area is 112 Å². The molecule has 0 unspecified atom stereocenters. The van der Waals surface area contributed by atoms with E-state index in [0.717, 1.165) is 18.4 Å². The summed E-state index contributed by atoms with van der Waals surface area (Å²) in [6, 6.07) is 8.87. The lowest BCUT2D eigenvalue weighted by Gasteiger charge is -2.02. The highest BCUT2D eigenvalue weighted by molar-refractivity contribution is 6.30. The monoisotopic (exact) mass is 262 g/mol. The van der Waals surface area contributed by atoms with Gasteiger partial charge in [-0.2, -0.15) is 5.26 Å². The van der Waals surface area contributed by atoms with Crippen LogP contribution < -0.4 is 5.32 Å². The summed E-state index contributed by atoms with van der Waals surface area (Å²) in [5.41, 5.74) is 0.884. The molecule has 0 spiro atoms. The van der Waals surface area contributed by atoms with Gasteiger partial charge >= 0.3 is 0 Å². The number of hydrogen-bond acceptors (Lipinski definition) is 2. The van der Waals surface area contributed by atoms with E-state index in [1.54, 1.807) is 30.3 Å². The van der Waals surface area contributed by atoms with E-state index in [1.165, 1.54) is 0 Å². The number of nitrogens with one attached hydrogen (secondary N) is 1. The van der Waals surface area contributed by atoms with Crippen LogP contribution in [-0.2, 0) is 4.79 Å². The molecule has 0 saturated heterocycles. The fourth-order valence-corrected chi connectivity index (χ4v) is 1.47. The number of amides is 1. The summed E-state index contributed by atoms with van der Waals surface area (Å²) in [6.45, 7) is 2.63. The zero-order chi connectivity index (χ0) is 13.4. The van der Waals surface area contributed by atoms with Gasteiger partial charge in [0.25, 0.3) is 5.91 Å². The largest absolute Gasteiger partial charge is 0.351 e. The molecule has 1 amide bonds. The number of rotatable bonds is 5. The van der Waals surface area contributed by atoms with E-state index in [1.807, 2.05) is 13.0 Å².